The fourth-order valence-electron chi connectivity index (χ4n) is 2.13. The summed E-state index contributed by atoms with van der Waals surface area (Å²) in [5.41, 5.74) is 0.623. The van der Waals surface area contributed by atoms with Crippen molar-refractivity contribution in [2.75, 3.05) is 20.3 Å². The summed E-state index contributed by atoms with van der Waals surface area (Å²) in [6.07, 6.45) is 3.51. The normalized spacial score (nSPS) is 18.9. The number of methoxy groups -OCH3 is 1. The van der Waals surface area contributed by atoms with Crippen molar-refractivity contribution in [2.45, 2.75) is 32.3 Å². The molecule has 0 amide bonds. The van der Waals surface area contributed by atoms with Crippen molar-refractivity contribution in [3.8, 4) is 11.5 Å². The summed E-state index contributed by atoms with van der Waals surface area (Å²) < 4.78 is 16.6. The molecule has 0 radical (unpaired) electrons. The summed E-state index contributed by atoms with van der Waals surface area (Å²) in [4.78, 5) is 11.3. The minimum Gasteiger partial charge on any atom is -0.493 e. The Morgan fingerprint density at radius 1 is 1.37 bits per heavy atom. The zero-order chi connectivity index (χ0) is 13.7. The van der Waals surface area contributed by atoms with Crippen molar-refractivity contribution in [2.24, 2.45) is 0 Å². The van der Waals surface area contributed by atoms with Crippen LogP contribution in [0.25, 0.3) is 0 Å². The second-order valence-corrected chi connectivity index (χ2v) is 4.72. The molecule has 4 heteroatoms. The Morgan fingerprint density at radius 2 is 2.21 bits per heavy atom. The van der Waals surface area contributed by atoms with Gasteiger partial charge in [-0.3, -0.25) is 4.79 Å². The highest BCUT2D eigenvalue weighted by Crippen LogP contribution is 2.29. The summed E-state index contributed by atoms with van der Waals surface area (Å²) >= 11 is 0. The number of benzene rings is 1. The average Bonchev–Trinajstić information content (AvgIpc) is 2.45. The monoisotopic (exact) mass is 264 g/mol. The third kappa shape index (κ3) is 3.70. The van der Waals surface area contributed by atoms with Crippen LogP contribution in [0.1, 0.15) is 36.5 Å². The number of ether oxygens (including phenoxy) is 3. The average molecular weight is 264 g/mol. The second-order valence-electron chi connectivity index (χ2n) is 4.72. The van der Waals surface area contributed by atoms with Crippen molar-refractivity contribution in [1.29, 1.82) is 0 Å². The number of hydrogen-bond donors (Lipinski definition) is 0. The van der Waals surface area contributed by atoms with Crippen LogP contribution in [0, 0.1) is 0 Å². The Bertz CT molecular complexity index is 436. The zero-order valence-corrected chi connectivity index (χ0v) is 11.5. The molecule has 104 valence electrons. The molecule has 1 saturated heterocycles. The molecule has 0 aromatic heterocycles. The molecule has 1 heterocycles. The molecular weight excluding hydrogens is 244 g/mol. The molecule has 1 fully saturated rings. The number of carbonyl (C=O) groups excluding carboxylic acids is 1. The van der Waals surface area contributed by atoms with E-state index in [1.807, 2.05) is 0 Å². The van der Waals surface area contributed by atoms with Gasteiger partial charge in [0, 0.05) is 12.2 Å². The molecule has 0 bridgehead atoms. The molecule has 1 aliphatic heterocycles. The molecule has 1 aliphatic rings. The lowest BCUT2D eigenvalue weighted by atomic mass is 10.1. The van der Waals surface area contributed by atoms with Gasteiger partial charge in [0.2, 0.25) is 0 Å². The Hall–Kier alpha value is -1.55. The van der Waals surface area contributed by atoms with Gasteiger partial charge in [0.15, 0.2) is 17.3 Å². The number of Topliss-reactive ketones (excluding diaryl/α,β-unsaturated/α-hetero) is 1. The van der Waals surface area contributed by atoms with Crippen LogP contribution in [0.2, 0.25) is 0 Å². The van der Waals surface area contributed by atoms with Crippen molar-refractivity contribution in [1.82, 2.24) is 0 Å². The Kier molecular flexibility index (Phi) is 4.80. The van der Waals surface area contributed by atoms with Crippen LogP contribution in [0.3, 0.4) is 0 Å². The van der Waals surface area contributed by atoms with Crippen molar-refractivity contribution >= 4 is 5.78 Å². The smallest absolute Gasteiger partial charge is 0.161 e. The summed E-state index contributed by atoms with van der Waals surface area (Å²) in [5.74, 6) is 1.26. The van der Waals surface area contributed by atoms with Crippen LogP contribution in [0.5, 0.6) is 11.5 Å². The van der Waals surface area contributed by atoms with Gasteiger partial charge in [-0.25, -0.2) is 0 Å². The number of rotatable bonds is 5. The lowest BCUT2D eigenvalue weighted by Gasteiger charge is -2.23. The van der Waals surface area contributed by atoms with Gasteiger partial charge >= 0.3 is 0 Å². The fraction of sp³-hybridized carbons (Fsp3) is 0.533. The number of ketones is 1. The van der Waals surface area contributed by atoms with Crippen LogP contribution in [-0.4, -0.2) is 32.2 Å². The molecule has 4 nitrogen and oxygen atoms in total. The lowest BCUT2D eigenvalue weighted by molar-refractivity contribution is -0.0114. The van der Waals surface area contributed by atoms with Gasteiger partial charge in [0.1, 0.15) is 6.61 Å². The zero-order valence-electron chi connectivity index (χ0n) is 11.5. The molecule has 2 rings (SSSR count). The van der Waals surface area contributed by atoms with Gasteiger partial charge in [-0.2, -0.15) is 0 Å². The first kappa shape index (κ1) is 13.9. The molecule has 0 spiro atoms. The topological polar surface area (TPSA) is 44.8 Å². The molecule has 19 heavy (non-hydrogen) atoms. The standard InChI is InChI=1S/C15H20O4/c1-11(16)12-6-7-14(15(9-12)17-2)19-10-13-5-3-4-8-18-13/h6-7,9,13H,3-5,8,10H2,1-2H3. The van der Waals surface area contributed by atoms with Crippen LogP contribution < -0.4 is 9.47 Å². The SMILES string of the molecule is COc1cc(C(C)=O)ccc1OCC1CCCCO1. The third-order valence-corrected chi connectivity index (χ3v) is 3.27. The van der Waals surface area contributed by atoms with Gasteiger partial charge in [-0.1, -0.05) is 0 Å². The van der Waals surface area contributed by atoms with E-state index in [4.69, 9.17) is 14.2 Å². The molecule has 1 aromatic rings. The van der Waals surface area contributed by atoms with Gasteiger partial charge in [0.05, 0.1) is 13.2 Å². The summed E-state index contributed by atoms with van der Waals surface area (Å²) in [5, 5.41) is 0. The molecular formula is C15H20O4. The van der Waals surface area contributed by atoms with Crippen LogP contribution in [-0.2, 0) is 4.74 Å². The predicted molar refractivity (Wildman–Crippen MR) is 72.1 cm³/mol. The minimum atomic E-state index is 0.0143. The van der Waals surface area contributed by atoms with Crippen LogP contribution >= 0.6 is 0 Å². The van der Waals surface area contributed by atoms with Crippen LogP contribution in [0.15, 0.2) is 18.2 Å². The van der Waals surface area contributed by atoms with E-state index >= 15 is 0 Å². The lowest BCUT2D eigenvalue weighted by Crippen LogP contribution is -2.25. The Morgan fingerprint density at radius 3 is 2.84 bits per heavy atom. The minimum absolute atomic E-state index is 0.0143. The summed E-state index contributed by atoms with van der Waals surface area (Å²) in [7, 11) is 1.57. The summed E-state index contributed by atoms with van der Waals surface area (Å²) in [6, 6.07) is 5.24. The highest BCUT2D eigenvalue weighted by Gasteiger charge is 2.16. The number of hydrogen-bond acceptors (Lipinski definition) is 4. The quantitative estimate of drug-likeness (QED) is 0.767. The largest absolute Gasteiger partial charge is 0.493 e. The van der Waals surface area contributed by atoms with E-state index in [-0.39, 0.29) is 11.9 Å². The predicted octanol–water partition coefficient (Wildman–Crippen LogP) is 2.85. The maximum absolute atomic E-state index is 11.3. The highest BCUT2D eigenvalue weighted by atomic mass is 16.5. The third-order valence-electron chi connectivity index (χ3n) is 3.27. The molecule has 1 aromatic carbocycles. The Balaban J connectivity index is 2.00. The molecule has 1 unspecified atom stereocenters. The maximum atomic E-state index is 11.3. The van der Waals surface area contributed by atoms with E-state index < -0.39 is 0 Å². The van der Waals surface area contributed by atoms with Crippen molar-refractivity contribution < 1.29 is 19.0 Å². The maximum Gasteiger partial charge on any atom is 0.161 e. The molecule has 0 saturated carbocycles. The van der Waals surface area contributed by atoms with E-state index in [9.17, 15) is 4.79 Å². The molecule has 1 atom stereocenters. The van der Waals surface area contributed by atoms with Gasteiger partial charge in [-0.15, -0.1) is 0 Å². The van der Waals surface area contributed by atoms with Gasteiger partial charge < -0.3 is 14.2 Å². The fourth-order valence-corrected chi connectivity index (χ4v) is 2.13. The van der Waals surface area contributed by atoms with Crippen molar-refractivity contribution in [3.63, 3.8) is 0 Å². The van der Waals surface area contributed by atoms with E-state index in [0.717, 1.165) is 19.4 Å². The van der Waals surface area contributed by atoms with E-state index in [0.29, 0.717) is 23.7 Å². The van der Waals surface area contributed by atoms with Gasteiger partial charge in [0.25, 0.3) is 0 Å². The van der Waals surface area contributed by atoms with Gasteiger partial charge in [-0.05, 0) is 44.4 Å². The van der Waals surface area contributed by atoms with E-state index in [1.54, 1.807) is 25.3 Å². The van der Waals surface area contributed by atoms with Crippen molar-refractivity contribution in [3.05, 3.63) is 23.8 Å². The molecule has 0 aliphatic carbocycles. The van der Waals surface area contributed by atoms with E-state index in [2.05, 4.69) is 0 Å². The first-order valence-electron chi connectivity index (χ1n) is 6.64. The van der Waals surface area contributed by atoms with E-state index in [1.165, 1.54) is 13.3 Å². The second kappa shape index (κ2) is 6.57. The van der Waals surface area contributed by atoms with Crippen LogP contribution in [0.4, 0.5) is 0 Å². The highest BCUT2D eigenvalue weighted by molar-refractivity contribution is 5.94. The molecule has 0 N–H and O–H groups in total. The first-order valence-corrected chi connectivity index (χ1v) is 6.64. The Labute approximate surface area is 113 Å². The first-order chi connectivity index (χ1) is 9.20. The number of carbonyl (C=O) groups is 1. The summed E-state index contributed by atoms with van der Waals surface area (Å²) in [6.45, 7) is 2.87.